The van der Waals surface area contributed by atoms with Crippen molar-refractivity contribution in [3.05, 3.63) is 64.8 Å². The van der Waals surface area contributed by atoms with Crippen molar-refractivity contribution >= 4 is 46.3 Å². The number of benzene rings is 2. The maximum Gasteiger partial charge on any atom is 0.103 e. The first-order valence-electron chi connectivity index (χ1n) is 6.49. The number of rotatable bonds is 2. The van der Waals surface area contributed by atoms with Gasteiger partial charge in [-0.3, -0.25) is 4.98 Å². The summed E-state index contributed by atoms with van der Waals surface area (Å²) in [7, 11) is 0. The number of halogens is 2. The number of hydrogen-bond acceptors (Lipinski definition) is 3. The van der Waals surface area contributed by atoms with Crippen molar-refractivity contribution in [2.24, 2.45) is 0 Å². The Morgan fingerprint density at radius 1 is 1.18 bits per heavy atom. The van der Waals surface area contributed by atoms with Gasteiger partial charge >= 0.3 is 0 Å². The van der Waals surface area contributed by atoms with E-state index in [9.17, 15) is 5.26 Å². The van der Waals surface area contributed by atoms with Crippen LogP contribution in [0.25, 0.3) is 10.9 Å². The van der Waals surface area contributed by atoms with E-state index in [-0.39, 0.29) is 12.4 Å². The fraction of sp³-hybridized carbons (Fsp3) is 0.0588. The third-order valence-corrected chi connectivity index (χ3v) is 3.47. The fourth-order valence-electron chi connectivity index (χ4n) is 2.24. The minimum Gasteiger partial charge on any atom is -0.354 e. The lowest BCUT2D eigenvalue weighted by molar-refractivity contribution is 1.35. The lowest BCUT2D eigenvalue weighted by Crippen LogP contribution is -1.97. The molecule has 0 radical (unpaired) electrons. The monoisotopic (exact) mass is 329 g/mol. The summed E-state index contributed by atoms with van der Waals surface area (Å²) < 4.78 is 0. The van der Waals surface area contributed by atoms with E-state index in [2.05, 4.69) is 16.4 Å². The SMILES string of the molecule is Cc1ccc2ncc(C#N)c(Nc3cccc(Cl)c3)c2c1.Cl. The summed E-state index contributed by atoms with van der Waals surface area (Å²) in [5.41, 5.74) is 4.08. The third kappa shape index (κ3) is 3.14. The van der Waals surface area contributed by atoms with Crippen molar-refractivity contribution in [2.75, 3.05) is 5.32 Å². The van der Waals surface area contributed by atoms with Crippen LogP contribution in [-0.4, -0.2) is 4.98 Å². The molecule has 0 bridgehead atoms. The molecule has 0 saturated carbocycles. The van der Waals surface area contributed by atoms with Crippen molar-refractivity contribution in [1.82, 2.24) is 4.98 Å². The van der Waals surface area contributed by atoms with E-state index in [1.807, 2.05) is 49.4 Å². The fourth-order valence-corrected chi connectivity index (χ4v) is 2.43. The van der Waals surface area contributed by atoms with Crippen LogP contribution in [0.4, 0.5) is 11.4 Å². The molecule has 0 aliphatic rings. The van der Waals surface area contributed by atoms with Gasteiger partial charge in [0.15, 0.2) is 0 Å². The first-order valence-corrected chi connectivity index (χ1v) is 6.87. The zero-order chi connectivity index (χ0) is 14.8. The summed E-state index contributed by atoms with van der Waals surface area (Å²) in [5, 5.41) is 14.2. The third-order valence-electron chi connectivity index (χ3n) is 3.24. The zero-order valence-corrected chi connectivity index (χ0v) is 13.4. The number of pyridine rings is 1. The Balaban J connectivity index is 0.00000176. The van der Waals surface area contributed by atoms with Gasteiger partial charge in [0.1, 0.15) is 6.07 Å². The molecule has 3 rings (SSSR count). The molecule has 0 atom stereocenters. The molecule has 1 aromatic heterocycles. The molecule has 110 valence electrons. The highest BCUT2D eigenvalue weighted by atomic mass is 35.5. The molecule has 0 aliphatic carbocycles. The molecule has 0 fully saturated rings. The molecule has 0 aliphatic heterocycles. The van der Waals surface area contributed by atoms with Crippen molar-refractivity contribution in [2.45, 2.75) is 6.92 Å². The summed E-state index contributed by atoms with van der Waals surface area (Å²) in [6, 6.07) is 15.6. The largest absolute Gasteiger partial charge is 0.354 e. The molecule has 3 aromatic rings. The Kier molecular flexibility index (Phi) is 4.87. The zero-order valence-electron chi connectivity index (χ0n) is 11.8. The molecule has 5 heteroatoms. The number of nitrogens with zero attached hydrogens (tertiary/aromatic N) is 2. The highest BCUT2D eigenvalue weighted by molar-refractivity contribution is 6.30. The van der Waals surface area contributed by atoms with Crippen LogP contribution in [0.3, 0.4) is 0 Å². The number of hydrogen-bond donors (Lipinski definition) is 1. The van der Waals surface area contributed by atoms with Gasteiger partial charge in [0.2, 0.25) is 0 Å². The topological polar surface area (TPSA) is 48.7 Å². The van der Waals surface area contributed by atoms with Crippen LogP contribution in [-0.2, 0) is 0 Å². The molecular formula is C17H13Cl2N3. The molecule has 1 heterocycles. The van der Waals surface area contributed by atoms with Gasteiger partial charge in [0.05, 0.1) is 16.8 Å². The number of aromatic nitrogens is 1. The summed E-state index contributed by atoms with van der Waals surface area (Å²) in [4.78, 5) is 4.32. The van der Waals surface area contributed by atoms with Crippen LogP contribution in [0.5, 0.6) is 0 Å². The van der Waals surface area contributed by atoms with Gasteiger partial charge in [-0.2, -0.15) is 5.26 Å². The smallest absolute Gasteiger partial charge is 0.103 e. The van der Waals surface area contributed by atoms with Crippen molar-refractivity contribution in [3.8, 4) is 6.07 Å². The second-order valence-electron chi connectivity index (χ2n) is 4.81. The van der Waals surface area contributed by atoms with E-state index in [0.29, 0.717) is 10.6 Å². The van der Waals surface area contributed by atoms with Crippen LogP contribution in [0.15, 0.2) is 48.7 Å². The summed E-state index contributed by atoms with van der Waals surface area (Å²) in [5.74, 6) is 0. The van der Waals surface area contributed by atoms with Gasteiger partial charge in [-0.1, -0.05) is 29.3 Å². The predicted octanol–water partition coefficient (Wildman–Crippen LogP) is 5.23. The predicted molar refractivity (Wildman–Crippen MR) is 93.2 cm³/mol. The van der Waals surface area contributed by atoms with Gasteiger partial charge in [0.25, 0.3) is 0 Å². The van der Waals surface area contributed by atoms with E-state index in [1.54, 1.807) is 6.20 Å². The maximum atomic E-state index is 9.32. The van der Waals surface area contributed by atoms with Crippen LogP contribution >= 0.6 is 24.0 Å². The van der Waals surface area contributed by atoms with E-state index in [4.69, 9.17) is 11.6 Å². The summed E-state index contributed by atoms with van der Waals surface area (Å²) in [6.45, 7) is 2.02. The molecule has 0 saturated heterocycles. The highest BCUT2D eigenvalue weighted by Gasteiger charge is 2.09. The first-order chi connectivity index (χ1) is 10.2. The second-order valence-corrected chi connectivity index (χ2v) is 5.25. The minimum atomic E-state index is 0. The summed E-state index contributed by atoms with van der Waals surface area (Å²) in [6.07, 6.45) is 1.59. The lowest BCUT2D eigenvalue weighted by Gasteiger charge is -2.12. The van der Waals surface area contributed by atoms with Crippen LogP contribution in [0, 0.1) is 18.3 Å². The van der Waals surface area contributed by atoms with Gasteiger partial charge in [0, 0.05) is 22.3 Å². The number of fused-ring (bicyclic) bond motifs is 1. The first kappa shape index (κ1) is 16.1. The quantitative estimate of drug-likeness (QED) is 0.699. The molecular weight excluding hydrogens is 317 g/mol. The van der Waals surface area contributed by atoms with E-state index >= 15 is 0 Å². The van der Waals surface area contributed by atoms with Crippen LogP contribution in [0.2, 0.25) is 5.02 Å². The summed E-state index contributed by atoms with van der Waals surface area (Å²) >= 11 is 6.01. The Bertz CT molecular complexity index is 869. The number of aryl methyl sites for hydroxylation is 1. The van der Waals surface area contributed by atoms with Crippen LogP contribution in [0.1, 0.15) is 11.1 Å². The van der Waals surface area contributed by atoms with Gasteiger partial charge < -0.3 is 5.32 Å². The standard InChI is InChI=1S/C17H12ClN3.ClH/c1-11-5-6-16-15(7-11)17(12(9-19)10-20-16)21-14-4-2-3-13(18)8-14;/h2-8,10H,1H3,(H,20,21);1H. The number of nitriles is 1. The second kappa shape index (κ2) is 6.65. The molecule has 3 nitrogen and oxygen atoms in total. The van der Waals surface area contributed by atoms with Crippen molar-refractivity contribution in [1.29, 1.82) is 5.26 Å². The molecule has 0 spiro atoms. The molecule has 1 N–H and O–H groups in total. The number of nitrogens with one attached hydrogen (secondary N) is 1. The molecule has 2 aromatic carbocycles. The van der Waals surface area contributed by atoms with Crippen molar-refractivity contribution < 1.29 is 0 Å². The highest BCUT2D eigenvalue weighted by Crippen LogP contribution is 2.30. The van der Waals surface area contributed by atoms with Gasteiger partial charge in [-0.25, -0.2) is 0 Å². The lowest BCUT2D eigenvalue weighted by atomic mass is 10.1. The van der Waals surface area contributed by atoms with E-state index in [0.717, 1.165) is 27.8 Å². The van der Waals surface area contributed by atoms with E-state index in [1.165, 1.54) is 0 Å². The minimum absolute atomic E-state index is 0. The Hall–Kier alpha value is -2.28. The Morgan fingerprint density at radius 2 is 2.00 bits per heavy atom. The molecule has 0 unspecified atom stereocenters. The maximum absolute atomic E-state index is 9.32. The normalized spacial score (nSPS) is 9.86. The average Bonchev–Trinajstić information content (AvgIpc) is 2.48. The Morgan fingerprint density at radius 3 is 2.73 bits per heavy atom. The van der Waals surface area contributed by atoms with Gasteiger partial charge in [-0.05, 0) is 37.3 Å². The van der Waals surface area contributed by atoms with Crippen molar-refractivity contribution in [3.63, 3.8) is 0 Å². The van der Waals surface area contributed by atoms with E-state index < -0.39 is 0 Å². The molecule has 0 amide bonds. The van der Waals surface area contributed by atoms with Crippen LogP contribution < -0.4 is 5.32 Å². The average molecular weight is 330 g/mol. The number of anilines is 2. The molecule has 22 heavy (non-hydrogen) atoms. The Labute approximate surface area is 140 Å². The van der Waals surface area contributed by atoms with Gasteiger partial charge in [-0.15, -0.1) is 12.4 Å².